The minimum absolute atomic E-state index is 0.0834. The van der Waals surface area contributed by atoms with Crippen LogP contribution in [0, 0.1) is 5.92 Å². The van der Waals surface area contributed by atoms with Crippen molar-refractivity contribution >= 4 is 6.09 Å². The molecule has 1 aromatic rings. The highest BCUT2D eigenvalue weighted by Crippen LogP contribution is 2.34. The molecule has 1 amide bonds. The number of hydrogen-bond donors (Lipinski definition) is 0. The number of nitrogens with zero attached hydrogens (tertiary/aromatic N) is 2. The summed E-state index contributed by atoms with van der Waals surface area (Å²) in [6, 6.07) is 6.22. The van der Waals surface area contributed by atoms with E-state index >= 15 is 0 Å². The highest BCUT2D eigenvalue weighted by molar-refractivity contribution is 5.68. The summed E-state index contributed by atoms with van der Waals surface area (Å²) in [6.07, 6.45) is -0.0468. The Kier molecular flexibility index (Phi) is 7.32. The maximum absolute atomic E-state index is 12.3. The van der Waals surface area contributed by atoms with Crippen LogP contribution in [0.3, 0.4) is 0 Å². The second-order valence-corrected chi connectivity index (χ2v) is 10.3. The molecule has 0 radical (unpaired) electrons. The molecule has 1 aromatic carbocycles. The molecule has 0 saturated carbocycles. The number of benzene rings is 1. The number of ether oxygens (including phenoxy) is 2. The summed E-state index contributed by atoms with van der Waals surface area (Å²) in [7, 11) is 0. The third kappa shape index (κ3) is 7.02. The first-order valence-electron chi connectivity index (χ1n) is 11.4. The Morgan fingerprint density at radius 3 is 2.09 bits per heavy atom. The van der Waals surface area contributed by atoms with Gasteiger partial charge in [0, 0.05) is 18.6 Å². The molecule has 2 aliphatic heterocycles. The lowest BCUT2D eigenvalue weighted by atomic mass is 9.83. The van der Waals surface area contributed by atoms with Crippen molar-refractivity contribution in [3.63, 3.8) is 0 Å². The summed E-state index contributed by atoms with van der Waals surface area (Å²) < 4.78 is 46.4. The summed E-state index contributed by atoms with van der Waals surface area (Å²) in [5, 5.41) is 0. The summed E-state index contributed by atoms with van der Waals surface area (Å²) in [5.74, 6) is 0.341. The van der Waals surface area contributed by atoms with Crippen molar-refractivity contribution in [2.45, 2.75) is 77.3 Å². The first kappa shape index (κ1) is 24.7. The molecule has 2 fully saturated rings. The number of rotatable bonds is 4. The molecule has 0 unspecified atom stereocenters. The Bertz CT molecular complexity index is 758. The first-order valence-corrected chi connectivity index (χ1v) is 11.4. The fourth-order valence-corrected chi connectivity index (χ4v) is 4.65. The summed E-state index contributed by atoms with van der Waals surface area (Å²) in [4.78, 5) is 16.7. The van der Waals surface area contributed by atoms with Gasteiger partial charge in [0.05, 0.1) is 0 Å². The molecule has 0 N–H and O–H groups in total. The molecular formula is C24H35F3N2O3. The third-order valence-electron chi connectivity index (χ3n) is 6.55. The lowest BCUT2D eigenvalue weighted by Gasteiger charge is -2.49. The number of hydrogen-bond acceptors (Lipinski definition) is 4. The maximum Gasteiger partial charge on any atom is 0.573 e. The van der Waals surface area contributed by atoms with Crippen LogP contribution in [0.25, 0.3) is 0 Å². The minimum atomic E-state index is -4.66. The van der Waals surface area contributed by atoms with E-state index in [0.29, 0.717) is 19.0 Å². The normalized spacial score (nSPS) is 20.8. The number of alkyl halides is 3. The van der Waals surface area contributed by atoms with Gasteiger partial charge in [0.2, 0.25) is 0 Å². The maximum atomic E-state index is 12.3. The zero-order chi connectivity index (χ0) is 23.6. The van der Waals surface area contributed by atoms with Gasteiger partial charge in [0.1, 0.15) is 11.4 Å². The molecule has 0 spiro atoms. The van der Waals surface area contributed by atoms with E-state index in [9.17, 15) is 18.0 Å². The zero-order valence-electron chi connectivity index (χ0n) is 19.5. The number of piperidine rings is 2. The van der Waals surface area contributed by atoms with Crippen molar-refractivity contribution in [1.82, 2.24) is 9.80 Å². The number of carbonyl (C=O) groups excluding carboxylic acids is 1. The van der Waals surface area contributed by atoms with Gasteiger partial charge in [0.15, 0.2) is 0 Å². The summed E-state index contributed by atoms with van der Waals surface area (Å²) >= 11 is 0. The Morgan fingerprint density at radius 1 is 1.03 bits per heavy atom. The van der Waals surface area contributed by atoms with Crippen LogP contribution in [0.2, 0.25) is 0 Å². The Balaban J connectivity index is 1.45. The minimum Gasteiger partial charge on any atom is -0.444 e. The van der Waals surface area contributed by atoms with Crippen molar-refractivity contribution in [2.75, 3.05) is 26.2 Å². The highest BCUT2D eigenvalue weighted by atomic mass is 19.4. The van der Waals surface area contributed by atoms with Gasteiger partial charge in [-0.3, -0.25) is 4.90 Å². The van der Waals surface area contributed by atoms with Crippen LogP contribution in [0.1, 0.15) is 58.9 Å². The molecule has 3 rings (SSSR count). The molecule has 0 aromatic heterocycles. The van der Waals surface area contributed by atoms with E-state index in [1.54, 1.807) is 12.1 Å². The average Bonchev–Trinajstić information content (AvgIpc) is 2.68. The predicted molar refractivity (Wildman–Crippen MR) is 117 cm³/mol. The Labute approximate surface area is 188 Å². The molecule has 180 valence electrons. The van der Waals surface area contributed by atoms with Crippen LogP contribution in [0.5, 0.6) is 5.75 Å². The van der Waals surface area contributed by atoms with Crippen LogP contribution >= 0.6 is 0 Å². The van der Waals surface area contributed by atoms with Gasteiger partial charge >= 0.3 is 12.5 Å². The largest absolute Gasteiger partial charge is 0.573 e. The molecule has 8 heteroatoms. The molecule has 0 aliphatic carbocycles. The van der Waals surface area contributed by atoms with Crippen molar-refractivity contribution in [2.24, 2.45) is 5.92 Å². The Morgan fingerprint density at radius 2 is 1.59 bits per heavy atom. The lowest BCUT2D eigenvalue weighted by molar-refractivity contribution is -0.274. The van der Waals surface area contributed by atoms with Crippen molar-refractivity contribution < 1.29 is 27.4 Å². The SMILES string of the molecule is CC(C)(C)OC(=O)N1CCC(C)(N2CCC(Cc3ccc(OC(F)(F)F)cc3)CC2)CC1. The van der Waals surface area contributed by atoms with Gasteiger partial charge in [0.25, 0.3) is 0 Å². The summed E-state index contributed by atoms with van der Waals surface area (Å²) in [6.45, 7) is 11.4. The summed E-state index contributed by atoms with van der Waals surface area (Å²) in [5.41, 5.74) is 0.640. The fourth-order valence-electron chi connectivity index (χ4n) is 4.65. The zero-order valence-corrected chi connectivity index (χ0v) is 19.5. The molecule has 5 nitrogen and oxygen atoms in total. The number of amides is 1. The van der Waals surface area contributed by atoms with E-state index in [1.165, 1.54) is 12.1 Å². The second-order valence-electron chi connectivity index (χ2n) is 10.3. The van der Waals surface area contributed by atoms with Gasteiger partial charge in [-0.25, -0.2) is 4.79 Å². The standard InChI is InChI=1S/C24H35F3N2O3/c1-22(2,3)32-21(30)28-15-11-23(4,12-16-28)29-13-9-19(10-14-29)17-18-5-7-20(8-6-18)31-24(25,26)27/h5-8,19H,9-17H2,1-4H3. The van der Waals surface area contributed by atoms with Crippen LogP contribution in [0.4, 0.5) is 18.0 Å². The average molecular weight is 457 g/mol. The van der Waals surface area contributed by atoms with Crippen LogP contribution < -0.4 is 4.74 Å². The Hall–Kier alpha value is -1.96. The third-order valence-corrected chi connectivity index (χ3v) is 6.55. The van der Waals surface area contributed by atoms with Gasteiger partial charge in [-0.15, -0.1) is 13.2 Å². The highest BCUT2D eigenvalue weighted by Gasteiger charge is 2.39. The quantitative estimate of drug-likeness (QED) is 0.589. The van der Waals surface area contributed by atoms with Gasteiger partial charge in [-0.1, -0.05) is 12.1 Å². The monoisotopic (exact) mass is 456 g/mol. The molecular weight excluding hydrogens is 421 g/mol. The molecule has 2 aliphatic rings. The fraction of sp³-hybridized carbons (Fsp3) is 0.708. The van der Waals surface area contributed by atoms with E-state index in [-0.39, 0.29) is 17.4 Å². The van der Waals surface area contributed by atoms with Crippen LogP contribution in [0.15, 0.2) is 24.3 Å². The van der Waals surface area contributed by atoms with Crippen molar-refractivity contribution in [3.8, 4) is 5.75 Å². The molecule has 0 atom stereocenters. The number of halogens is 3. The van der Waals surface area contributed by atoms with E-state index in [0.717, 1.165) is 50.8 Å². The smallest absolute Gasteiger partial charge is 0.444 e. The second kappa shape index (κ2) is 9.49. The predicted octanol–water partition coefficient (Wildman–Crippen LogP) is 5.63. The number of carbonyl (C=O) groups is 1. The van der Waals surface area contributed by atoms with Crippen LogP contribution in [-0.2, 0) is 11.2 Å². The van der Waals surface area contributed by atoms with Gasteiger partial charge in [-0.05, 0) is 96.5 Å². The molecule has 0 bridgehead atoms. The van der Waals surface area contributed by atoms with Crippen molar-refractivity contribution in [1.29, 1.82) is 0 Å². The molecule has 2 saturated heterocycles. The van der Waals surface area contributed by atoms with Crippen molar-refractivity contribution in [3.05, 3.63) is 29.8 Å². The first-order chi connectivity index (χ1) is 14.8. The van der Waals surface area contributed by atoms with Gasteiger partial charge in [-0.2, -0.15) is 0 Å². The van der Waals surface area contributed by atoms with Crippen LogP contribution in [-0.4, -0.2) is 59.6 Å². The lowest BCUT2D eigenvalue weighted by Crippen LogP contribution is -2.56. The number of likely N-dealkylation sites (tertiary alicyclic amines) is 2. The van der Waals surface area contributed by atoms with E-state index in [4.69, 9.17) is 4.74 Å². The topological polar surface area (TPSA) is 42.0 Å². The van der Waals surface area contributed by atoms with E-state index < -0.39 is 12.0 Å². The van der Waals surface area contributed by atoms with Gasteiger partial charge < -0.3 is 14.4 Å². The van der Waals surface area contributed by atoms with E-state index in [1.807, 2.05) is 25.7 Å². The molecule has 32 heavy (non-hydrogen) atoms. The van der Waals surface area contributed by atoms with E-state index in [2.05, 4.69) is 16.6 Å². The molecule has 2 heterocycles.